The first-order chi connectivity index (χ1) is 12.1. The summed E-state index contributed by atoms with van der Waals surface area (Å²) in [5, 5.41) is 6.16. The van der Waals surface area contributed by atoms with Crippen LogP contribution >= 0.6 is 0 Å². The fraction of sp³-hybridized carbons (Fsp3) is 0.118. The van der Waals surface area contributed by atoms with Gasteiger partial charge in [-0.05, 0) is 43.3 Å². The van der Waals surface area contributed by atoms with Crippen molar-refractivity contribution in [1.29, 1.82) is 0 Å². The number of aromatic nitrogens is 2. The van der Waals surface area contributed by atoms with Crippen LogP contribution in [0.15, 0.2) is 57.9 Å². The molecule has 0 bridgehead atoms. The van der Waals surface area contributed by atoms with Crippen LogP contribution in [-0.4, -0.2) is 15.5 Å². The molecule has 0 aliphatic carbocycles. The number of furan rings is 1. The lowest BCUT2D eigenvalue weighted by Gasteiger charge is -2.21. The largest absolute Gasteiger partial charge is 0.464 e. The molecule has 0 unspecified atom stereocenters. The van der Waals surface area contributed by atoms with Crippen LogP contribution in [-0.2, 0) is 0 Å². The third-order valence-corrected chi connectivity index (χ3v) is 3.78. The van der Waals surface area contributed by atoms with Crippen molar-refractivity contribution in [2.24, 2.45) is 0 Å². The summed E-state index contributed by atoms with van der Waals surface area (Å²) in [7, 11) is 0. The second kappa shape index (κ2) is 5.90. The molecule has 1 aromatic carbocycles. The van der Waals surface area contributed by atoms with Crippen molar-refractivity contribution in [1.82, 2.24) is 9.55 Å². The van der Waals surface area contributed by atoms with Crippen LogP contribution in [0, 0.1) is 12.7 Å². The van der Waals surface area contributed by atoms with E-state index in [9.17, 15) is 9.18 Å². The quantitative estimate of drug-likeness (QED) is 0.643. The van der Waals surface area contributed by atoms with Crippen LogP contribution in [0.5, 0.6) is 0 Å². The third kappa shape index (κ3) is 2.89. The highest BCUT2D eigenvalue weighted by molar-refractivity contribution is 5.99. The molecular formula is C17H15FN5O2+. The van der Waals surface area contributed by atoms with Crippen molar-refractivity contribution in [2.75, 3.05) is 10.6 Å². The third-order valence-electron chi connectivity index (χ3n) is 3.78. The first-order valence-electron chi connectivity index (χ1n) is 7.67. The molecular weight excluding hydrogens is 325 g/mol. The predicted molar refractivity (Wildman–Crippen MR) is 89.7 cm³/mol. The molecule has 7 nitrogen and oxygen atoms in total. The SMILES string of the molecule is Cc1cc(=O)n2c(n1)NC(Nc1ccc(F)cc1)=[NH+][C@@H]2c1ccco1. The summed E-state index contributed by atoms with van der Waals surface area (Å²) in [6.45, 7) is 1.75. The first kappa shape index (κ1) is 15.1. The second-order valence-corrected chi connectivity index (χ2v) is 5.62. The number of anilines is 2. The lowest BCUT2D eigenvalue weighted by Crippen LogP contribution is -2.82. The van der Waals surface area contributed by atoms with Gasteiger partial charge in [0.05, 0.1) is 12.0 Å². The Labute approximate surface area is 141 Å². The molecule has 0 radical (unpaired) electrons. The van der Waals surface area contributed by atoms with E-state index in [4.69, 9.17) is 4.42 Å². The molecule has 25 heavy (non-hydrogen) atoms. The van der Waals surface area contributed by atoms with Crippen LogP contribution < -0.4 is 21.2 Å². The summed E-state index contributed by atoms with van der Waals surface area (Å²) in [5.41, 5.74) is 1.08. The summed E-state index contributed by atoms with van der Waals surface area (Å²) >= 11 is 0. The van der Waals surface area contributed by atoms with E-state index in [-0.39, 0.29) is 11.4 Å². The van der Waals surface area contributed by atoms with E-state index < -0.39 is 6.17 Å². The van der Waals surface area contributed by atoms with Gasteiger partial charge in [0.1, 0.15) is 5.82 Å². The molecule has 8 heteroatoms. The number of hydrogen-bond donors (Lipinski definition) is 3. The molecule has 0 saturated carbocycles. The molecule has 1 atom stereocenters. The van der Waals surface area contributed by atoms with E-state index in [1.54, 1.807) is 37.5 Å². The number of rotatable bonds is 2. The molecule has 0 spiro atoms. The Morgan fingerprint density at radius 3 is 2.84 bits per heavy atom. The zero-order chi connectivity index (χ0) is 17.4. The van der Waals surface area contributed by atoms with Gasteiger partial charge in [0, 0.05) is 11.8 Å². The molecule has 3 aromatic rings. The highest BCUT2D eigenvalue weighted by atomic mass is 19.1. The topological polar surface area (TPSA) is 86.1 Å². The smallest absolute Gasteiger partial charge is 0.357 e. The van der Waals surface area contributed by atoms with Crippen molar-refractivity contribution in [3.05, 3.63) is 76.4 Å². The van der Waals surface area contributed by atoms with Crippen LogP contribution in [0.4, 0.5) is 16.0 Å². The predicted octanol–water partition coefficient (Wildman–Crippen LogP) is 0.805. The molecule has 1 aliphatic rings. The van der Waals surface area contributed by atoms with E-state index in [2.05, 4.69) is 20.6 Å². The van der Waals surface area contributed by atoms with Gasteiger partial charge in [-0.1, -0.05) is 0 Å². The average molecular weight is 340 g/mol. The molecule has 126 valence electrons. The maximum atomic E-state index is 13.1. The molecule has 2 aromatic heterocycles. The average Bonchev–Trinajstić information content (AvgIpc) is 3.10. The molecule has 0 amide bonds. The van der Waals surface area contributed by atoms with Crippen LogP contribution in [0.1, 0.15) is 17.6 Å². The van der Waals surface area contributed by atoms with E-state index in [1.165, 1.54) is 22.8 Å². The van der Waals surface area contributed by atoms with E-state index >= 15 is 0 Å². The van der Waals surface area contributed by atoms with E-state index in [0.29, 0.717) is 29.0 Å². The van der Waals surface area contributed by atoms with Gasteiger partial charge in [-0.15, -0.1) is 0 Å². The van der Waals surface area contributed by atoms with Gasteiger partial charge in [0.2, 0.25) is 6.17 Å². The Bertz CT molecular complexity index is 993. The monoisotopic (exact) mass is 340 g/mol. The first-order valence-corrected chi connectivity index (χ1v) is 7.67. The van der Waals surface area contributed by atoms with Gasteiger partial charge < -0.3 is 4.42 Å². The van der Waals surface area contributed by atoms with Crippen molar-refractivity contribution in [3.8, 4) is 0 Å². The fourth-order valence-electron chi connectivity index (χ4n) is 2.68. The van der Waals surface area contributed by atoms with Gasteiger partial charge >= 0.3 is 5.96 Å². The number of benzene rings is 1. The Morgan fingerprint density at radius 2 is 2.12 bits per heavy atom. The van der Waals surface area contributed by atoms with E-state index in [1.807, 2.05) is 0 Å². The van der Waals surface area contributed by atoms with Crippen molar-refractivity contribution in [2.45, 2.75) is 13.1 Å². The number of fused-ring (bicyclic) bond motifs is 1. The van der Waals surface area contributed by atoms with Crippen LogP contribution in [0.25, 0.3) is 0 Å². The molecule has 3 N–H and O–H groups in total. The lowest BCUT2D eigenvalue weighted by molar-refractivity contribution is -0.523. The zero-order valence-corrected chi connectivity index (χ0v) is 13.3. The molecule has 0 fully saturated rings. The van der Waals surface area contributed by atoms with Gasteiger partial charge in [-0.3, -0.25) is 4.79 Å². The summed E-state index contributed by atoms with van der Waals surface area (Å²) in [6, 6.07) is 10.9. The van der Waals surface area contributed by atoms with Gasteiger partial charge in [0.15, 0.2) is 5.76 Å². The minimum Gasteiger partial charge on any atom is -0.464 e. The molecule has 1 aliphatic heterocycles. The van der Waals surface area contributed by atoms with Crippen molar-refractivity contribution in [3.63, 3.8) is 0 Å². The number of nitrogens with one attached hydrogen (secondary N) is 3. The highest BCUT2D eigenvalue weighted by Gasteiger charge is 2.30. The fourth-order valence-corrected chi connectivity index (χ4v) is 2.68. The maximum Gasteiger partial charge on any atom is 0.357 e. The second-order valence-electron chi connectivity index (χ2n) is 5.62. The summed E-state index contributed by atoms with van der Waals surface area (Å²) in [4.78, 5) is 20.0. The molecule has 0 saturated heterocycles. The lowest BCUT2D eigenvalue weighted by atomic mass is 10.3. The number of halogens is 1. The molecule has 3 heterocycles. The van der Waals surface area contributed by atoms with Crippen LogP contribution in [0.3, 0.4) is 0 Å². The Hall–Kier alpha value is -3.42. The van der Waals surface area contributed by atoms with E-state index in [0.717, 1.165) is 0 Å². The normalized spacial score (nSPS) is 15.9. The Morgan fingerprint density at radius 1 is 1.32 bits per heavy atom. The number of guanidine groups is 1. The Balaban J connectivity index is 1.76. The summed E-state index contributed by atoms with van der Waals surface area (Å²) < 4.78 is 20.0. The standard InChI is InChI=1S/C17H14FN5O2/c1-10-9-14(24)23-15(13-3-2-8-25-13)21-16(22-17(23)19-10)20-12-6-4-11(18)5-7-12/h2-9,15H,1H3,(H2,19,20,21,22)/p+1/t15-/m0/s1. The molecule has 4 rings (SSSR count). The number of hydrogen-bond acceptors (Lipinski definition) is 5. The minimum atomic E-state index is -0.560. The van der Waals surface area contributed by atoms with Crippen molar-refractivity contribution < 1.29 is 13.8 Å². The van der Waals surface area contributed by atoms with Gasteiger partial charge in [-0.2, -0.15) is 0 Å². The zero-order valence-electron chi connectivity index (χ0n) is 13.3. The van der Waals surface area contributed by atoms with Gasteiger partial charge in [-0.25, -0.2) is 29.6 Å². The number of nitrogens with zero attached hydrogens (tertiary/aromatic N) is 2. The van der Waals surface area contributed by atoms with Crippen LogP contribution in [0.2, 0.25) is 0 Å². The highest BCUT2D eigenvalue weighted by Crippen LogP contribution is 2.17. The Kier molecular flexibility index (Phi) is 3.57. The maximum absolute atomic E-state index is 13.1. The van der Waals surface area contributed by atoms with Gasteiger partial charge in [0.25, 0.3) is 11.5 Å². The summed E-state index contributed by atoms with van der Waals surface area (Å²) in [6.07, 6.45) is 0.980. The summed E-state index contributed by atoms with van der Waals surface area (Å²) in [5.74, 6) is 1.14. The minimum absolute atomic E-state index is 0.204. The van der Waals surface area contributed by atoms with Crippen molar-refractivity contribution >= 4 is 17.6 Å². The number of aryl methyl sites for hydroxylation is 1.